The minimum absolute atomic E-state index is 0.221. The lowest BCUT2D eigenvalue weighted by Crippen LogP contribution is -1.96. The van der Waals surface area contributed by atoms with E-state index in [1.54, 1.807) is 6.92 Å². The molecule has 0 saturated carbocycles. The molecule has 20 heavy (non-hydrogen) atoms. The zero-order chi connectivity index (χ0) is 14.4. The zero-order valence-corrected chi connectivity index (χ0v) is 12.4. The maximum Gasteiger partial charge on any atom is 0.182 e. The van der Waals surface area contributed by atoms with Crippen LogP contribution in [0.15, 0.2) is 30.3 Å². The fourth-order valence-corrected chi connectivity index (χ4v) is 2.88. The molecule has 3 rings (SSSR count). The molecule has 1 aromatic heterocycles. The molecule has 0 aliphatic heterocycles. The number of hydrogen-bond acceptors (Lipinski definition) is 1. The second-order valence-corrected chi connectivity index (χ2v) is 5.62. The number of hydrogen-bond donors (Lipinski definition) is 1. The van der Waals surface area contributed by atoms with Crippen molar-refractivity contribution in [3.05, 3.63) is 57.6 Å². The Hall–Kier alpha value is -1.94. The first-order valence-corrected chi connectivity index (χ1v) is 6.86. The van der Waals surface area contributed by atoms with Crippen LogP contribution in [0.1, 0.15) is 16.7 Å². The predicted octanol–water partition coefficient (Wildman–Crippen LogP) is 4.75. The van der Waals surface area contributed by atoms with Crippen molar-refractivity contribution in [3.63, 3.8) is 0 Å². The number of aromatic nitrogens is 2. The average molecular weight is 286 g/mol. The van der Waals surface area contributed by atoms with Crippen LogP contribution in [0.5, 0.6) is 0 Å². The topological polar surface area (TPSA) is 20.7 Å². The number of nitrogens with zero attached hydrogens (tertiary/aromatic N) is 1. The third-order valence-electron chi connectivity index (χ3n) is 3.43. The van der Waals surface area contributed by atoms with Gasteiger partial charge in [-0.2, -0.15) is 0 Å². The predicted molar refractivity (Wildman–Crippen MR) is 82.6 cm³/mol. The van der Waals surface area contributed by atoms with Crippen LogP contribution in [0.2, 0.25) is 0 Å². The third kappa shape index (κ3) is 2.06. The molecular weight excluding hydrogens is 271 g/mol. The van der Waals surface area contributed by atoms with E-state index in [1.165, 1.54) is 17.2 Å². The van der Waals surface area contributed by atoms with E-state index in [0.717, 1.165) is 16.7 Å². The van der Waals surface area contributed by atoms with E-state index in [2.05, 4.69) is 37.0 Å². The summed E-state index contributed by atoms with van der Waals surface area (Å²) in [5.74, 6) is -0.221. The molecule has 0 saturated heterocycles. The summed E-state index contributed by atoms with van der Waals surface area (Å²) in [5, 5.41) is 0. The Labute approximate surface area is 121 Å². The number of aryl methyl sites for hydroxylation is 3. The summed E-state index contributed by atoms with van der Waals surface area (Å²) in [6, 6.07) is 9.60. The van der Waals surface area contributed by atoms with Crippen molar-refractivity contribution < 1.29 is 4.39 Å². The maximum absolute atomic E-state index is 13.7. The number of benzene rings is 2. The lowest BCUT2D eigenvalue weighted by atomic mass is 10.1. The van der Waals surface area contributed by atoms with Gasteiger partial charge in [0.25, 0.3) is 0 Å². The van der Waals surface area contributed by atoms with Crippen molar-refractivity contribution in [2.24, 2.45) is 0 Å². The van der Waals surface area contributed by atoms with Gasteiger partial charge in [0.15, 0.2) is 4.77 Å². The van der Waals surface area contributed by atoms with Gasteiger partial charge in [-0.3, -0.25) is 4.57 Å². The quantitative estimate of drug-likeness (QED) is 0.640. The summed E-state index contributed by atoms with van der Waals surface area (Å²) < 4.78 is 16.2. The molecule has 2 nitrogen and oxygen atoms in total. The molecule has 0 aliphatic carbocycles. The van der Waals surface area contributed by atoms with Crippen LogP contribution in [0.4, 0.5) is 4.39 Å². The van der Waals surface area contributed by atoms with E-state index in [-0.39, 0.29) is 5.82 Å². The Morgan fingerprint density at radius 1 is 1.00 bits per heavy atom. The van der Waals surface area contributed by atoms with Gasteiger partial charge in [0.05, 0.1) is 11.0 Å². The maximum atomic E-state index is 13.7. The fraction of sp³-hybridized carbons (Fsp3) is 0.188. The number of imidazole rings is 1. The Morgan fingerprint density at radius 3 is 2.30 bits per heavy atom. The first kappa shape index (κ1) is 13.1. The van der Waals surface area contributed by atoms with Crippen LogP contribution >= 0.6 is 12.2 Å². The Morgan fingerprint density at radius 2 is 1.65 bits per heavy atom. The molecule has 1 heterocycles. The Kier molecular flexibility index (Phi) is 2.98. The third-order valence-corrected chi connectivity index (χ3v) is 3.71. The standard InChI is InChI=1S/C16H15FN2S/c1-9-4-10(2)6-12(5-9)19-15-7-11(3)13(17)8-14(15)18-16(19)20/h4-8H,1-3H3,(H,18,20). The summed E-state index contributed by atoms with van der Waals surface area (Å²) in [5.41, 5.74) is 5.59. The first-order chi connectivity index (χ1) is 9.45. The smallest absolute Gasteiger partial charge is 0.182 e. The van der Waals surface area contributed by atoms with Gasteiger partial charge in [0, 0.05) is 5.69 Å². The lowest BCUT2D eigenvalue weighted by molar-refractivity contribution is 0.620. The normalized spacial score (nSPS) is 11.2. The van der Waals surface area contributed by atoms with Crippen molar-refractivity contribution in [2.45, 2.75) is 20.8 Å². The van der Waals surface area contributed by atoms with E-state index in [1.807, 2.05) is 10.6 Å². The summed E-state index contributed by atoms with van der Waals surface area (Å²) in [6.07, 6.45) is 0. The molecule has 0 aliphatic rings. The largest absolute Gasteiger partial charge is 0.330 e. The molecule has 102 valence electrons. The lowest BCUT2D eigenvalue weighted by Gasteiger charge is -2.08. The van der Waals surface area contributed by atoms with Gasteiger partial charge in [-0.15, -0.1) is 0 Å². The molecule has 0 amide bonds. The summed E-state index contributed by atoms with van der Waals surface area (Å²) >= 11 is 5.39. The average Bonchev–Trinajstić information content (AvgIpc) is 2.64. The highest BCUT2D eigenvalue weighted by molar-refractivity contribution is 7.71. The van der Waals surface area contributed by atoms with Crippen LogP contribution in [0, 0.1) is 31.4 Å². The Bertz CT molecular complexity index is 854. The second kappa shape index (κ2) is 4.56. The van der Waals surface area contributed by atoms with Gasteiger partial charge in [0.1, 0.15) is 5.82 Å². The Balaban J connectivity index is 2.38. The van der Waals surface area contributed by atoms with Crippen molar-refractivity contribution in [3.8, 4) is 5.69 Å². The van der Waals surface area contributed by atoms with Crippen LogP contribution in [-0.4, -0.2) is 9.55 Å². The van der Waals surface area contributed by atoms with E-state index >= 15 is 0 Å². The highest BCUT2D eigenvalue weighted by Crippen LogP contribution is 2.23. The summed E-state index contributed by atoms with van der Waals surface area (Å²) in [6.45, 7) is 5.87. The minimum atomic E-state index is -0.221. The van der Waals surface area contributed by atoms with Gasteiger partial charge in [-0.05, 0) is 73.9 Å². The molecule has 1 N–H and O–H groups in total. The molecule has 4 heteroatoms. The highest BCUT2D eigenvalue weighted by Gasteiger charge is 2.10. The van der Waals surface area contributed by atoms with Crippen LogP contribution in [0.3, 0.4) is 0 Å². The molecule has 0 radical (unpaired) electrons. The number of rotatable bonds is 1. The van der Waals surface area contributed by atoms with Gasteiger partial charge in [-0.25, -0.2) is 4.39 Å². The molecule has 3 aromatic rings. The molecule has 0 atom stereocenters. The van der Waals surface area contributed by atoms with Gasteiger partial charge in [-0.1, -0.05) is 6.07 Å². The van der Waals surface area contributed by atoms with Gasteiger partial charge >= 0.3 is 0 Å². The highest BCUT2D eigenvalue weighted by atomic mass is 32.1. The minimum Gasteiger partial charge on any atom is -0.330 e. The number of fused-ring (bicyclic) bond motifs is 1. The van der Waals surface area contributed by atoms with Gasteiger partial charge < -0.3 is 4.98 Å². The van der Waals surface area contributed by atoms with Crippen LogP contribution in [-0.2, 0) is 0 Å². The summed E-state index contributed by atoms with van der Waals surface area (Å²) in [4.78, 5) is 3.07. The van der Waals surface area contributed by atoms with Crippen molar-refractivity contribution in [2.75, 3.05) is 0 Å². The number of nitrogens with one attached hydrogen (secondary N) is 1. The number of halogens is 1. The van der Waals surface area contributed by atoms with E-state index < -0.39 is 0 Å². The first-order valence-electron chi connectivity index (χ1n) is 6.45. The molecular formula is C16H15FN2S. The van der Waals surface area contributed by atoms with E-state index in [9.17, 15) is 4.39 Å². The molecule has 2 aromatic carbocycles. The van der Waals surface area contributed by atoms with Crippen molar-refractivity contribution >= 4 is 23.3 Å². The summed E-state index contributed by atoms with van der Waals surface area (Å²) in [7, 11) is 0. The molecule has 0 spiro atoms. The number of aromatic amines is 1. The second-order valence-electron chi connectivity index (χ2n) is 5.23. The van der Waals surface area contributed by atoms with Crippen LogP contribution in [0.25, 0.3) is 16.7 Å². The van der Waals surface area contributed by atoms with Crippen molar-refractivity contribution in [1.82, 2.24) is 9.55 Å². The monoisotopic (exact) mass is 286 g/mol. The molecule has 0 fully saturated rings. The van der Waals surface area contributed by atoms with E-state index in [4.69, 9.17) is 12.2 Å². The zero-order valence-electron chi connectivity index (χ0n) is 11.6. The van der Waals surface area contributed by atoms with E-state index in [0.29, 0.717) is 10.3 Å². The van der Waals surface area contributed by atoms with Crippen LogP contribution < -0.4 is 0 Å². The van der Waals surface area contributed by atoms with Crippen molar-refractivity contribution in [1.29, 1.82) is 0 Å². The molecule has 0 unspecified atom stereocenters. The van der Waals surface area contributed by atoms with Gasteiger partial charge in [0.2, 0.25) is 0 Å². The molecule has 0 bridgehead atoms. The number of H-pyrrole nitrogens is 1. The fourth-order valence-electron chi connectivity index (χ4n) is 2.57. The SMILES string of the molecule is Cc1cc(C)cc(-n2c(=S)[nH]c3cc(F)c(C)cc32)c1.